The molecule has 0 aromatic heterocycles. The molecule has 0 heterocycles. The average Bonchev–Trinajstić information content (AvgIpc) is 2.66. The highest BCUT2D eigenvalue weighted by molar-refractivity contribution is 5.83. The van der Waals surface area contributed by atoms with E-state index in [1.54, 1.807) is 31.2 Å². The molecule has 2 rings (SSSR count). The molecule has 0 saturated carbocycles. The third kappa shape index (κ3) is 5.24. The molecule has 2 aromatic carbocycles. The third-order valence-electron chi connectivity index (χ3n) is 4.05. The molecule has 6 heteroatoms. The minimum Gasteiger partial charge on any atom is -0.497 e. The molecule has 6 nitrogen and oxygen atoms in total. The smallest absolute Gasteiger partial charge is 0.341 e. The molecule has 0 spiro atoms. The van der Waals surface area contributed by atoms with Crippen LogP contribution in [0.25, 0.3) is 0 Å². The summed E-state index contributed by atoms with van der Waals surface area (Å²) in [6, 6.07) is 14.5. The van der Waals surface area contributed by atoms with E-state index in [-0.39, 0.29) is 18.4 Å². The molecule has 0 aliphatic carbocycles. The van der Waals surface area contributed by atoms with E-state index in [4.69, 9.17) is 14.6 Å². The summed E-state index contributed by atoms with van der Waals surface area (Å²) in [7, 11) is 3.36. The van der Waals surface area contributed by atoms with Gasteiger partial charge >= 0.3 is 5.97 Å². The van der Waals surface area contributed by atoms with Crippen LogP contribution in [0.2, 0.25) is 0 Å². The lowest BCUT2D eigenvalue weighted by Crippen LogP contribution is -2.30. The first-order valence-corrected chi connectivity index (χ1v) is 8.23. The topological polar surface area (TPSA) is 76.1 Å². The molecule has 1 N–H and O–H groups in total. The largest absolute Gasteiger partial charge is 0.497 e. The zero-order valence-corrected chi connectivity index (χ0v) is 15.1. The lowest BCUT2D eigenvalue weighted by Gasteiger charge is -2.22. The molecule has 2 aromatic rings. The van der Waals surface area contributed by atoms with Gasteiger partial charge in [-0.3, -0.25) is 4.79 Å². The summed E-state index contributed by atoms with van der Waals surface area (Å²) in [6.45, 7) is 1.94. The van der Waals surface area contributed by atoms with Crippen LogP contribution in [-0.2, 0) is 16.1 Å². The zero-order valence-electron chi connectivity index (χ0n) is 15.1. The van der Waals surface area contributed by atoms with Gasteiger partial charge in [-0.05, 0) is 42.3 Å². The molecule has 0 bridgehead atoms. The van der Waals surface area contributed by atoms with Crippen LogP contribution in [0.15, 0.2) is 48.5 Å². The molecule has 26 heavy (non-hydrogen) atoms. The molecule has 1 amide bonds. The monoisotopic (exact) mass is 357 g/mol. The Kier molecular flexibility index (Phi) is 6.60. The van der Waals surface area contributed by atoms with Crippen LogP contribution in [0.1, 0.15) is 24.0 Å². The van der Waals surface area contributed by atoms with Crippen molar-refractivity contribution < 1.29 is 24.2 Å². The van der Waals surface area contributed by atoms with Crippen molar-refractivity contribution in [2.75, 3.05) is 20.8 Å². The molecule has 0 fully saturated rings. The average molecular weight is 357 g/mol. The van der Waals surface area contributed by atoms with Crippen LogP contribution in [0.5, 0.6) is 11.5 Å². The first kappa shape index (κ1) is 19.3. The highest BCUT2D eigenvalue weighted by atomic mass is 16.5. The van der Waals surface area contributed by atoms with Crippen molar-refractivity contribution in [2.45, 2.75) is 19.4 Å². The molecule has 1 atom stereocenters. The Morgan fingerprint density at radius 2 is 1.81 bits per heavy atom. The molecule has 1 unspecified atom stereocenters. The van der Waals surface area contributed by atoms with Gasteiger partial charge in [0.15, 0.2) is 6.61 Å². The fraction of sp³-hybridized carbons (Fsp3) is 0.300. The number of amides is 1. The second-order valence-corrected chi connectivity index (χ2v) is 6.02. The summed E-state index contributed by atoms with van der Waals surface area (Å²) in [5, 5.41) is 8.61. The first-order chi connectivity index (χ1) is 12.4. The lowest BCUT2D eigenvalue weighted by molar-refractivity contribution is -0.139. The van der Waals surface area contributed by atoms with Gasteiger partial charge in [0.2, 0.25) is 5.91 Å². The number of carbonyl (C=O) groups excluding carboxylic acids is 1. The van der Waals surface area contributed by atoms with Crippen molar-refractivity contribution in [1.82, 2.24) is 4.90 Å². The quantitative estimate of drug-likeness (QED) is 0.786. The summed E-state index contributed by atoms with van der Waals surface area (Å²) < 4.78 is 10.3. The molecule has 138 valence electrons. The van der Waals surface area contributed by atoms with Gasteiger partial charge in [-0.15, -0.1) is 0 Å². The molecule has 0 aliphatic heterocycles. The van der Waals surface area contributed by atoms with E-state index in [2.05, 4.69) is 0 Å². The van der Waals surface area contributed by atoms with E-state index in [9.17, 15) is 9.59 Å². The molecular weight excluding hydrogens is 334 g/mol. The van der Waals surface area contributed by atoms with Gasteiger partial charge in [-0.2, -0.15) is 0 Å². The summed E-state index contributed by atoms with van der Waals surface area (Å²) in [5.41, 5.74) is 1.83. The lowest BCUT2D eigenvalue weighted by atomic mass is 9.99. The fourth-order valence-electron chi connectivity index (χ4n) is 2.57. The maximum Gasteiger partial charge on any atom is 0.341 e. The zero-order chi connectivity index (χ0) is 19.1. The second kappa shape index (κ2) is 8.89. The number of hydrogen-bond acceptors (Lipinski definition) is 4. The minimum absolute atomic E-state index is 0.00413. The van der Waals surface area contributed by atoms with Gasteiger partial charge in [0.1, 0.15) is 11.5 Å². The van der Waals surface area contributed by atoms with E-state index in [1.165, 1.54) is 0 Å². The molecule has 0 aliphatic rings. The Balaban J connectivity index is 1.98. The Bertz CT molecular complexity index is 757. The highest BCUT2D eigenvalue weighted by Gasteiger charge is 2.20. The van der Waals surface area contributed by atoms with Crippen LogP contribution >= 0.6 is 0 Å². The number of carboxylic acids is 1. The summed E-state index contributed by atoms with van der Waals surface area (Å²) >= 11 is 0. The third-order valence-corrected chi connectivity index (χ3v) is 4.05. The number of ether oxygens (including phenoxy) is 2. The van der Waals surface area contributed by atoms with Crippen LogP contribution in [-0.4, -0.2) is 42.6 Å². The van der Waals surface area contributed by atoms with E-state index in [0.717, 1.165) is 16.9 Å². The number of hydrogen-bond donors (Lipinski definition) is 1. The van der Waals surface area contributed by atoms with E-state index >= 15 is 0 Å². The van der Waals surface area contributed by atoms with Crippen molar-refractivity contribution >= 4 is 11.9 Å². The van der Waals surface area contributed by atoms with E-state index in [1.807, 2.05) is 43.3 Å². The minimum atomic E-state index is -1.02. The van der Waals surface area contributed by atoms with Crippen LogP contribution < -0.4 is 9.47 Å². The molecular formula is C20H23NO5. The summed E-state index contributed by atoms with van der Waals surface area (Å²) in [4.78, 5) is 24.9. The number of benzene rings is 2. The maximum absolute atomic E-state index is 12.7. The van der Waals surface area contributed by atoms with Gasteiger partial charge < -0.3 is 19.5 Å². The Labute approximate surface area is 153 Å². The van der Waals surface area contributed by atoms with Gasteiger partial charge in [0.05, 0.1) is 13.0 Å². The second-order valence-electron chi connectivity index (χ2n) is 6.02. The fourth-order valence-corrected chi connectivity index (χ4v) is 2.57. The SMILES string of the molecule is COc1cccc(C(C)C(=O)N(C)Cc2ccc(OCC(=O)O)cc2)c1. The van der Waals surface area contributed by atoms with Crippen molar-refractivity contribution in [3.63, 3.8) is 0 Å². The summed E-state index contributed by atoms with van der Waals surface area (Å²) in [6.07, 6.45) is 0. The number of likely N-dealkylation sites (N-methyl/N-ethyl adjacent to an activating group) is 1. The number of nitrogens with zero attached hydrogens (tertiary/aromatic N) is 1. The standard InChI is InChI=1S/C20H23NO5/c1-14(16-5-4-6-18(11-16)25-3)20(24)21(2)12-15-7-9-17(10-8-15)26-13-19(22)23/h4-11,14H,12-13H2,1-3H3,(H,22,23). The Hall–Kier alpha value is -3.02. The Morgan fingerprint density at radius 1 is 1.12 bits per heavy atom. The van der Waals surface area contributed by atoms with Gasteiger partial charge in [0.25, 0.3) is 0 Å². The van der Waals surface area contributed by atoms with Crippen molar-refractivity contribution in [2.24, 2.45) is 0 Å². The van der Waals surface area contributed by atoms with Gasteiger partial charge in [-0.1, -0.05) is 24.3 Å². The molecule has 0 saturated heterocycles. The number of methoxy groups -OCH3 is 1. The maximum atomic E-state index is 12.7. The van der Waals surface area contributed by atoms with E-state index < -0.39 is 5.97 Å². The van der Waals surface area contributed by atoms with Crippen molar-refractivity contribution in [1.29, 1.82) is 0 Å². The number of rotatable bonds is 8. The Morgan fingerprint density at radius 3 is 2.42 bits per heavy atom. The normalized spacial score (nSPS) is 11.5. The predicted octanol–water partition coefficient (Wildman–Crippen LogP) is 2.92. The number of carboxylic acid groups (broad SMARTS) is 1. The first-order valence-electron chi connectivity index (χ1n) is 8.23. The predicted molar refractivity (Wildman–Crippen MR) is 97.5 cm³/mol. The van der Waals surface area contributed by atoms with Gasteiger partial charge in [-0.25, -0.2) is 4.79 Å². The highest BCUT2D eigenvalue weighted by Crippen LogP contribution is 2.23. The number of aliphatic carboxylic acids is 1. The van der Waals surface area contributed by atoms with Crippen molar-refractivity contribution in [3.05, 3.63) is 59.7 Å². The molecule has 0 radical (unpaired) electrons. The number of carbonyl (C=O) groups is 2. The summed E-state index contributed by atoms with van der Waals surface area (Å²) in [5.74, 6) is -0.0969. The van der Waals surface area contributed by atoms with Crippen LogP contribution in [0, 0.1) is 0 Å². The van der Waals surface area contributed by atoms with Gasteiger partial charge in [0, 0.05) is 13.6 Å². The van der Waals surface area contributed by atoms with E-state index in [0.29, 0.717) is 12.3 Å². The van der Waals surface area contributed by atoms with Crippen molar-refractivity contribution in [3.8, 4) is 11.5 Å². The van der Waals surface area contributed by atoms with Crippen LogP contribution in [0.3, 0.4) is 0 Å². The van der Waals surface area contributed by atoms with Crippen LogP contribution in [0.4, 0.5) is 0 Å².